The van der Waals surface area contributed by atoms with Gasteiger partial charge in [0.05, 0.1) is 12.2 Å². The molecule has 2 heterocycles. The van der Waals surface area contributed by atoms with Crippen LogP contribution in [-0.4, -0.2) is 17.2 Å². The third kappa shape index (κ3) is 1.48. The molecule has 0 N–H and O–H groups in total. The molecular weight excluding hydrogens is 150 g/mol. The molecule has 0 spiro atoms. The lowest BCUT2D eigenvalue weighted by atomic mass is 9.90. The number of aromatic nitrogens is 1. The Morgan fingerprint density at radius 3 is 3.00 bits per heavy atom. The lowest BCUT2D eigenvalue weighted by Crippen LogP contribution is -2.42. The molecule has 2 nitrogen and oxygen atoms in total. The van der Waals surface area contributed by atoms with Crippen LogP contribution >= 0.6 is 0 Å². The van der Waals surface area contributed by atoms with Crippen LogP contribution in [0.15, 0.2) is 24.5 Å². The first-order valence-corrected chi connectivity index (χ1v) is 4.31. The first-order valence-electron chi connectivity index (χ1n) is 4.31. The van der Waals surface area contributed by atoms with E-state index in [2.05, 4.69) is 18.0 Å². The highest BCUT2D eigenvalue weighted by atomic mass is 16.5. The molecule has 1 saturated heterocycles. The predicted octanol–water partition coefficient (Wildman–Crippen LogP) is 1.80. The topological polar surface area (TPSA) is 22.1 Å². The average molecular weight is 163 g/mol. The number of hydrogen-bond acceptors (Lipinski definition) is 2. The summed E-state index contributed by atoms with van der Waals surface area (Å²) in [7, 11) is 0. The van der Waals surface area contributed by atoms with Gasteiger partial charge in [-0.2, -0.15) is 0 Å². The van der Waals surface area contributed by atoms with Gasteiger partial charge in [0, 0.05) is 18.8 Å². The molecule has 64 valence electrons. The lowest BCUT2D eigenvalue weighted by Gasteiger charge is -2.38. The van der Waals surface area contributed by atoms with Crippen LogP contribution in [0, 0.1) is 0 Å². The molecule has 2 rings (SSSR count). The first kappa shape index (κ1) is 7.74. The van der Waals surface area contributed by atoms with E-state index in [0.717, 1.165) is 13.0 Å². The van der Waals surface area contributed by atoms with E-state index >= 15 is 0 Å². The molecule has 0 aromatic carbocycles. The Balaban J connectivity index is 2.04. The molecular formula is C10H13NO. The second-order valence-corrected chi connectivity index (χ2v) is 3.59. The zero-order chi connectivity index (χ0) is 8.44. The number of hydrogen-bond donors (Lipinski definition) is 0. The SMILES string of the molecule is CC1(Cc2cccnc2)CCO1. The summed E-state index contributed by atoms with van der Waals surface area (Å²) in [6.45, 7) is 3.07. The van der Waals surface area contributed by atoms with E-state index in [-0.39, 0.29) is 5.60 Å². The molecule has 1 aromatic heterocycles. The Hall–Kier alpha value is -0.890. The lowest BCUT2D eigenvalue weighted by molar-refractivity contribution is -0.132. The van der Waals surface area contributed by atoms with E-state index in [9.17, 15) is 0 Å². The van der Waals surface area contributed by atoms with Crippen molar-refractivity contribution in [3.05, 3.63) is 30.1 Å². The number of nitrogens with zero attached hydrogens (tertiary/aromatic N) is 1. The van der Waals surface area contributed by atoms with Gasteiger partial charge in [-0.15, -0.1) is 0 Å². The van der Waals surface area contributed by atoms with Crippen molar-refractivity contribution < 1.29 is 4.74 Å². The third-order valence-corrected chi connectivity index (χ3v) is 2.38. The monoisotopic (exact) mass is 163 g/mol. The molecule has 0 radical (unpaired) electrons. The Bertz CT molecular complexity index is 254. The summed E-state index contributed by atoms with van der Waals surface area (Å²) in [5.74, 6) is 0. The minimum absolute atomic E-state index is 0.0863. The summed E-state index contributed by atoms with van der Waals surface area (Å²) in [4.78, 5) is 4.07. The van der Waals surface area contributed by atoms with Gasteiger partial charge in [0.2, 0.25) is 0 Å². The van der Waals surface area contributed by atoms with Crippen molar-refractivity contribution >= 4 is 0 Å². The highest BCUT2D eigenvalue weighted by Gasteiger charge is 2.32. The molecule has 1 aliphatic heterocycles. The zero-order valence-corrected chi connectivity index (χ0v) is 7.29. The first-order chi connectivity index (χ1) is 5.79. The molecule has 1 fully saturated rings. The molecule has 0 aliphatic carbocycles. The van der Waals surface area contributed by atoms with Crippen LogP contribution in [0.1, 0.15) is 18.9 Å². The Morgan fingerprint density at radius 1 is 1.67 bits per heavy atom. The molecule has 1 atom stereocenters. The van der Waals surface area contributed by atoms with Gasteiger partial charge in [-0.05, 0) is 25.0 Å². The Morgan fingerprint density at radius 2 is 2.50 bits per heavy atom. The van der Waals surface area contributed by atoms with E-state index < -0.39 is 0 Å². The van der Waals surface area contributed by atoms with Crippen molar-refractivity contribution in [3.63, 3.8) is 0 Å². The molecule has 1 unspecified atom stereocenters. The van der Waals surface area contributed by atoms with Crippen LogP contribution < -0.4 is 0 Å². The number of pyridine rings is 1. The smallest absolute Gasteiger partial charge is 0.0717 e. The fraction of sp³-hybridized carbons (Fsp3) is 0.500. The van der Waals surface area contributed by atoms with Gasteiger partial charge in [0.15, 0.2) is 0 Å². The fourth-order valence-electron chi connectivity index (χ4n) is 1.52. The number of rotatable bonds is 2. The van der Waals surface area contributed by atoms with Gasteiger partial charge >= 0.3 is 0 Å². The van der Waals surface area contributed by atoms with Crippen molar-refractivity contribution in [3.8, 4) is 0 Å². The maximum absolute atomic E-state index is 5.49. The van der Waals surface area contributed by atoms with Gasteiger partial charge in [0.1, 0.15) is 0 Å². The van der Waals surface area contributed by atoms with E-state index in [1.807, 2.05) is 12.3 Å². The van der Waals surface area contributed by atoms with Gasteiger partial charge in [-0.3, -0.25) is 4.98 Å². The van der Waals surface area contributed by atoms with Crippen molar-refractivity contribution in [1.82, 2.24) is 4.98 Å². The standard InChI is InChI=1S/C10H13NO/c1-10(4-6-12-10)7-9-3-2-5-11-8-9/h2-3,5,8H,4,6-7H2,1H3. The maximum atomic E-state index is 5.49. The largest absolute Gasteiger partial charge is 0.375 e. The van der Waals surface area contributed by atoms with Crippen molar-refractivity contribution in [1.29, 1.82) is 0 Å². The zero-order valence-electron chi connectivity index (χ0n) is 7.29. The maximum Gasteiger partial charge on any atom is 0.0717 e. The summed E-state index contributed by atoms with van der Waals surface area (Å²) in [5.41, 5.74) is 1.35. The van der Waals surface area contributed by atoms with E-state index in [4.69, 9.17) is 4.74 Å². The summed E-state index contributed by atoms with van der Waals surface area (Å²) in [5, 5.41) is 0. The van der Waals surface area contributed by atoms with E-state index in [1.165, 1.54) is 12.0 Å². The van der Waals surface area contributed by atoms with Crippen molar-refractivity contribution in [2.75, 3.05) is 6.61 Å². The summed E-state index contributed by atoms with van der Waals surface area (Å²) < 4.78 is 5.49. The summed E-state index contributed by atoms with van der Waals surface area (Å²) in [6, 6.07) is 4.07. The molecule has 0 bridgehead atoms. The van der Waals surface area contributed by atoms with Gasteiger partial charge in [0.25, 0.3) is 0 Å². The predicted molar refractivity (Wildman–Crippen MR) is 46.9 cm³/mol. The highest BCUT2D eigenvalue weighted by molar-refractivity contribution is 5.12. The van der Waals surface area contributed by atoms with Gasteiger partial charge in [-0.25, -0.2) is 0 Å². The highest BCUT2D eigenvalue weighted by Crippen LogP contribution is 2.29. The minimum Gasteiger partial charge on any atom is -0.375 e. The number of ether oxygens (including phenoxy) is 1. The summed E-state index contributed by atoms with van der Waals surface area (Å²) in [6.07, 6.45) is 5.86. The molecule has 12 heavy (non-hydrogen) atoms. The second kappa shape index (κ2) is 2.87. The quantitative estimate of drug-likeness (QED) is 0.663. The molecule has 0 amide bonds. The molecule has 1 aliphatic rings. The second-order valence-electron chi connectivity index (χ2n) is 3.59. The summed E-state index contributed by atoms with van der Waals surface area (Å²) >= 11 is 0. The van der Waals surface area contributed by atoms with Crippen LogP contribution in [0.4, 0.5) is 0 Å². The van der Waals surface area contributed by atoms with Crippen LogP contribution in [0.2, 0.25) is 0 Å². The molecule has 1 aromatic rings. The van der Waals surface area contributed by atoms with Crippen LogP contribution in [0.5, 0.6) is 0 Å². The van der Waals surface area contributed by atoms with Gasteiger partial charge < -0.3 is 4.74 Å². The molecule has 2 heteroatoms. The minimum atomic E-state index is 0.0863. The average Bonchev–Trinajstić information content (AvgIpc) is 2.04. The fourth-order valence-corrected chi connectivity index (χ4v) is 1.52. The van der Waals surface area contributed by atoms with Crippen LogP contribution in [-0.2, 0) is 11.2 Å². The molecule has 0 saturated carbocycles. The van der Waals surface area contributed by atoms with E-state index in [0.29, 0.717) is 0 Å². The third-order valence-electron chi connectivity index (χ3n) is 2.38. The normalized spacial score (nSPS) is 28.1. The van der Waals surface area contributed by atoms with E-state index in [1.54, 1.807) is 6.20 Å². The van der Waals surface area contributed by atoms with Crippen LogP contribution in [0.3, 0.4) is 0 Å². The Labute approximate surface area is 72.6 Å². The van der Waals surface area contributed by atoms with Crippen molar-refractivity contribution in [2.45, 2.75) is 25.4 Å². The van der Waals surface area contributed by atoms with Crippen LogP contribution in [0.25, 0.3) is 0 Å². The Kier molecular flexibility index (Phi) is 1.85. The van der Waals surface area contributed by atoms with Crippen molar-refractivity contribution in [2.24, 2.45) is 0 Å². The van der Waals surface area contributed by atoms with Gasteiger partial charge in [-0.1, -0.05) is 6.07 Å².